The number of para-hydroxylation sites is 1. The van der Waals surface area contributed by atoms with Crippen molar-refractivity contribution < 1.29 is 28.2 Å². The highest BCUT2D eigenvalue weighted by Crippen LogP contribution is 2.20. The first-order chi connectivity index (χ1) is 11.7. The Labute approximate surface area is 145 Å². The summed E-state index contributed by atoms with van der Waals surface area (Å²) in [5.74, 6) is -1.65. The fraction of sp³-hybridized carbons (Fsp3) is 0.267. The molecule has 4 N–H and O–H groups in total. The quantitative estimate of drug-likeness (QED) is 0.521. The van der Waals surface area contributed by atoms with Crippen molar-refractivity contribution in [3.63, 3.8) is 0 Å². The van der Waals surface area contributed by atoms with Crippen molar-refractivity contribution >= 4 is 33.3 Å². The summed E-state index contributed by atoms with van der Waals surface area (Å²) in [5.41, 5.74) is 0.617. The number of carbonyl (C=O) groups is 2. The van der Waals surface area contributed by atoms with Crippen molar-refractivity contribution in [2.75, 3.05) is 31.2 Å². The summed E-state index contributed by atoms with van der Waals surface area (Å²) in [6, 6.07) is 6.88. The Morgan fingerprint density at radius 1 is 1.24 bits per heavy atom. The Hall–Kier alpha value is -2.88. The first-order valence-electron chi connectivity index (χ1n) is 7.14. The van der Waals surface area contributed by atoms with Gasteiger partial charge in [-0.15, -0.1) is 0 Å². The molecule has 1 aromatic rings. The lowest BCUT2D eigenvalue weighted by Gasteiger charge is -2.10. The number of aliphatic carboxylic acids is 2. The standard InChI is InChI=1S/C11H15N3O2S.C4H4O4/c1-17(15,16)10-5-3-2-4-9(10)14-8-11-12-6-7-13-11;5-3(6)1-2-4(7)8/h2-5,14H,6-8H2,1H3,(H,12,13);1-2H,(H,5,6)(H,7,8). The number of nitrogens with zero attached hydrogens (tertiary/aromatic N) is 1. The number of hydrogen-bond donors (Lipinski definition) is 4. The molecule has 0 unspecified atom stereocenters. The van der Waals surface area contributed by atoms with Gasteiger partial charge in [-0.05, 0) is 12.1 Å². The zero-order valence-electron chi connectivity index (χ0n) is 13.5. The molecular weight excluding hydrogens is 350 g/mol. The van der Waals surface area contributed by atoms with Crippen LogP contribution in [-0.4, -0.2) is 62.3 Å². The summed E-state index contributed by atoms with van der Waals surface area (Å²) in [5, 5.41) is 21.8. The minimum atomic E-state index is -3.20. The summed E-state index contributed by atoms with van der Waals surface area (Å²) in [7, 11) is -3.20. The third-order valence-corrected chi connectivity index (χ3v) is 4.00. The summed E-state index contributed by atoms with van der Waals surface area (Å²) in [6.07, 6.45) is 2.32. The second-order valence-electron chi connectivity index (χ2n) is 4.89. The Balaban J connectivity index is 0.000000333. The topological polar surface area (TPSA) is 145 Å². The lowest BCUT2D eigenvalue weighted by molar-refractivity contribution is -0.134. The van der Waals surface area contributed by atoms with Crippen molar-refractivity contribution in [1.29, 1.82) is 0 Å². The maximum absolute atomic E-state index is 11.6. The molecule has 2 rings (SSSR count). The predicted molar refractivity (Wildman–Crippen MR) is 92.8 cm³/mol. The van der Waals surface area contributed by atoms with E-state index in [0.29, 0.717) is 29.3 Å². The zero-order valence-corrected chi connectivity index (χ0v) is 14.3. The molecule has 9 nitrogen and oxygen atoms in total. The van der Waals surface area contributed by atoms with Crippen LogP contribution in [0.1, 0.15) is 0 Å². The normalized spacial score (nSPS) is 13.4. The van der Waals surface area contributed by atoms with Crippen LogP contribution in [0.5, 0.6) is 0 Å². The molecule has 0 radical (unpaired) electrons. The Kier molecular flexibility index (Phi) is 7.60. The molecule has 0 aromatic heterocycles. The fourth-order valence-electron chi connectivity index (χ4n) is 1.82. The van der Waals surface area contributed by atoms with Gasteiger partial charge >= 0.3 is 11.9 Å². The van der Waals surface area contributed by atoms with E-state index in [4.69, 9.17) is 10.2 Å². The Morgan fingerprint density at radius 3 is 2.32 bits per heavy atom. The van der Waals surface area contributed by atoms with Crippen LogP contribution in [0.15, 0.2) is 46.3 Å². The highest BCUT2D eigenvalue weighted by atomic mass is 32.2. The maximum Gasteiger partial charge on any atom is 0.328 e. The monoisotopic (exact) mass is 369 g/mol. The van der Waals surface area contributed by atoms with Crippen molar-refractivity contribution in [3.8, 4) is 0 Å². The predicted octanol–water partition coefficient (Wildman–Crippen LogP) is 0.216. The molecule has 25 heavy (non-hydrogen) atoms. The van der Waals surface area contributed by atoms with E-state index in [0.717, 1.165) is 18.9 Å². The average Bonchev–Trinajstić information content (AvgIpc) is 3.04. The van der Waals surface area contributed by atoms with Crippen LogP contribution in [0.4, 0.5) is 5.69 Å². The van der Waals surface area contributed by atoms with Crippen LogP contribution < -0.4 is 10.6 Å². The summed E-state index contributed by atoms with van der Waals surface area (Å²) >= 11 is 0. The number of carboxylic acid groups (broad SMARTS) is 2. The van der Waals surface area contributed by atoms with Crippen LogP contribution in [0.25, 0.3) is 0 Å². The number of rotatable bonds is 6. The number of amidine groups is 1. The van der Waals surface area contributed by atoms with Gasteiger partial charge < -0.3 is 20.8 Å². The molecule has 10 heteroatoms. The van der Waals surface area contributed by atoms with Gasteiger partial charge in [0.25, 0.3) is 0 Å². The molecule has 0 bridgehead atoms. The van der Waals surface area contributed by atoms with Gasteiger partial charge in [0.05, 0.1) is 23.7 Å². The van der Waals surface area contributed by atoms with Crippen LogP contribution in [0.2, 0.25) is 0 Å². The summed E-state index contributed by atoms with van der Waals surface area (Å²) < 4.78 is 23.1. The smallest absolute Gasteiger partial charge is 0.328 e. The molecule has 0 saturated heterocycles. The van der Waals surface area contributed by atoms with E-state index >= 15 is 0 Å². The molecule has 0 amide bonds. The molecule has 1 aliphatic rings. The number of aliphatic imine (C=N–C) groups is 1. The minimum Gasteiger partial charge on any atom is -0.478 e. The van der Waals surface area contributed by atoms with Crippen LogP contribution in [0.3, 0.4) is 0 Å². The molecule has 1 aromatic carbocycles. The van der Waals surface area contributed by atoms with E-state index in [9.17, 15) is 18.0 Å². The van der Waals surface area contributed by atoms with Crippen molar-refractivity contribution in [2.24, 2.45) is 4.99 Å². The fourth-order valence-corrected chi connectivity index (χ4v) is 2.69. The Morgan fingerprint density at radius 2 is 1.84 bits per heavy atom. The lowest BCUT2D eigenvalue weighted by atomic mass is 10.3. The maximum atomic E-state index is 11.6. The van der Waals surface area contributed by atoms with E-state index in [2.05, 4.69) is 15.6 Å². The van der Waals surface area contributed by atoms with E-state index < -0.39 is 21.8 Å². The minimum absolute atomic E-state index is 0.318. The van der Waals surface area contributed by atoms with E-state index in [1.807, 2.05) is 0 Å². The Bertz CT molecular complexity index is 770. The van der Waals surface area contributed by atoms with Gasteiger partial charge in [0.1, 0.15) is 5.84 Å². The second-order valence-corrected chi connectivity index (χ2v) is 6.87. The second kappa shape index (κ2) is 9.42. The third-order valence-electron chi connectivity index (χ3n) is 2.84. The first-order valence-corrected chi connectivity index (χ1v) is 9.03. The van der Waals surface area contributed by atoms with Gasteiger partial charge in [-0.3, -0.25) is 4.99 Å². The number of sulfone groups is 1. The number of nitrogens with one attached hydrogen (secondary N) is 2. The molecule has 1 aliphatic heterocycles. The van der Waals surface area contributed by atoms with Crippen molar-refractivity contribution in [3.05, 3.63) is 36.4 Å². The molecule has 0 saturated carbocycles. The van der Waals surface area contributed by atoms with Crippen molar-refractivity contribution in [2.45, 2.75) is 4.90 Å². The van der Waals surface area contributed by atoms with Crippen LogP contribution in [0, 0.1) is 0 Å². The SMILES string of the molecule is CS(=O)(=O)c1ccccc1NCC1=NCCN1.O=C(O)C=CC(=O)O. The highest BCUT2D eigenvalue weighted by Gasteiger charge is 2.13. The number of anilines is 1. The van der Waals surface area contributed by atoms with E-state index in [1.54, 1.807) is 24.3 Å². The van der Waals surface area contributed by atoms with Gasteiger partial charge in [-0.2, -0.15) is 0 Å². The summed E-state index contributed by atoms with van der Waals surface area (Å²) in [4.78, 5) is 23.7. The van der Waals surface area contributed by atoms with Gasteiger partial charge in [-0.25, -0.2) is 18.0 Å². The summed E-state index contributed by atoms with van der Waals surface area (Å²) in [6.45, 7) is 2.15. The average molecular weight is 369 g/mol. The molecule has 1 heterocycles. The van der Waals surface area contributed by atoms with Crippen LogP contribution >= 0.6 is 0 Å². The highest BCUT2D eigenvalue weighted by molar-refractivity contribution is 7.90. The molecule has 136 valence electrons. The number of hydrogen-bond acceptors (Lipinski definition) is 7. The number of carboxylic acids is 2. The van der Waals surface area contributed by atoms with E-state index in [-0.39, 0.29) is 0 Å². The van der Waals surface area contributed by atoms with Gasteiger partial charge in [0.15, 0.2) is 9.84 Å². The molecular formula is C15H19N3O6S. The first kappa shape index (κ1) is 20.2. The van der Waals surface area contributed by atoms with E-state index in [1.165, 1.54) is 6.26 Å². The largest absolute Gasteiger partial charge is 0.478 e. The lowest BCUT2D eigenvalue weighted by Crippen LogP contribution is -2.26. The molecule has 0 atom stereocenters. The van der Waals surface area contributed by atoms with Gasteiger partial charge in [0, 0.05) is 25.0 Å². The molecule has 0 fully saturated rings. The van der Waals surface area contributed by atoms with Crippen molar-refractivity contribution in [1.82, 2.24) is 5.32 Å². The molecule has 0 aliphatic carbocycles. The molecule has 0 spiro atoms. The zero-order chi connectivity index (χ0) is 18.9. The third kappa shape index (κ3) is 7.97. The number of benzene rings is 1. The van der Waals surface area contributed by atoms with Gasteiger partial charge in [-0.1, -0.05) is 12.1 Å². The van der Waals surface area contributed by atoms with Gasteiger partial charge in [0.2, 0.25) is 0 Å². The van der Waals surface area contributed by atoms with Crippen LogP contribution in [-0.2, 0) is 19.4 Å².